The van der Waals surface area contributed by atoms with Gasteiger partial charge in [0.05, 0.1) is 0 Å². The third-order valence-corrected chi connectivity index (χ3v) is 3.79. The first kappa shape index (κ1) is 15.1. The maximum absolute atomic E-state index is 11.1. The lowest BCUT2D eigenvalue weighted by Gasteiger charge is -2.18. The SMILES string of the molecule is CCCNC(CCCS(C)(=O)=O)c1ccncc1. The first-order valence-electron chi connectivity index (χ1n) is 6.34. The fraction of sp³-hybridized carbons (Fsp3) is 0.615. The van der Waals surface area contributed by atoms with E-state index in [1.807, 2.05) is 12.1 Å². The Hall–Kier alpha value is -0.940. The van der Waals surface area contributed by atoms with Crippen LogP contribution in [0.15, 0.2) is 24.5 Å². The van der Waals surface area contributed by atoms with E-state index in [9.17, 15) is 8.42 Å². The van der Waals surface area contributed by atoms with Gasteiger partial charge in [-0.1, -0.05) is 6.92 Å². The molecule has 102 valence electrons. The van der Waals surface area contributed by atoms with Crippen molar-refractivity contribution in [3.63, 3.8) is 0 Å². The summed E-state index contributed by atoms with van der Waals surface area (Å²) in [4.78, 5) is 4.00. The molecule has 1 atom stereocenters. The van der Waals surface area contributed by atoms with E-state index in [0.717, 1.165) is 19.4 Å². The van der Waals surface area contributed by atoms with Gasteiger partial charge in [0, 0.05) is 30.4 Å². The molecule has 5 heteroatoms. The minimum absolute atomic E-state index is 0.217. The van der Waals surface area contributed by atoms with Crippen molar-refractivity contribution in [2.24, 2.45) is 0 Å². The molecular weight excluding hydrogens is 248 g/mol. The van der Waals surface area contributed by atoms with Gasteiger partial charge in [-0.3, -0.25) is 4.98 Å². The monoisotopic (exact) mass is 270 g/mol. The summed E-state index contributed by atoms with van der Waals surface area (Å²) in [5.74, 6) is 0.252. The predicted octanol–water partition coefficient (Wildman–Crippen LogP) is 1.95. The number of hydrogen-bond acceptors (Lipinski definition) is 4. The Bertz CT molecular complexity index is 432. The van der Waals surface area contributed by atoms with E-state index >= 15 is 0 Å². The van der Waals surface area contributed by atoms with Gasteiger partial charge < -0.3 is 5.32 Å². The van der Waals surface area contributed by atoms with Gasteiger partial charge in [-0.2, -0.15) is 0 Å². The first-order valence-corrected chi connectivity index (χ1v) is 8.40. The van der Waals surface area contributed by atoms with Gasteiger partial charge in [0.15, 0.2) is 0 Å². The molecule has 0 bridgehead atoms. The van der Waals surface area contributed by atoms with Crippen LogP contribution in [0.4, 0.5) is 0 Å². The van der Waals surface area contributed by atoms with E-state index in [-0.39, 0.29) is 11.8 Å². The molecule has 1 unspecified atom stereocenters. The molecule has 0 fully saturated rings. The summed E-state index contributed by atoms with van der Waals surface area (Å²) < 4.78 is 22.3. The van der Waals surface area contributed by atoms with E-state index in [0.29, 0.717) is 6.42 Å². The lowest BCUT2D eigenvalue weighted by atomic mass is 10.0. The van der Waals surface area contributed by atoms with Crippen molar-refractivity contribution in [2.45, 2.75) is 32.2 Å². The number of rotatable bonds is 8. The summed E-state index contributed by atoms with van der Waals surface area (Å²) in [5.41, 5.74) is 1.17. The number of aromatic nitrogens is 1. The fourth-order valence-electron chi connectivity index (χ4n) is 1.85. The van der Waals surface area contributed by atoms with Gasteiger partial charge in [0.1, 0.15) is 9.84 Å². The molecule has 0 saturated heterocycles. The molecule has 0 aromatic carbocycles. The molecule has 1 N–H and O–H groups in total. The molecule has 1 aromatic rings. The number of sulfone groups is 1. The smallest absolute Gasteiger partial charge is 0.147 e. The summed E-state index contributed by atoms with van der Waals surface area (Å²) in [6, 6.07) is 4.18. The fourth-order valence-corrected chi connectivity index (χ4v) is 2.54. The van der Waals surface area contributed by atoms with Crippen LogP contribution < -0.4 is 5.32 Å². The number of hydrogen-bond donors (Lipinski definition) is 1. The summed E-state index contributed by atoms with van der Waals surface area (Å²) >= 11 is 0. The van der Waals surface area contributed by atoms with Crippen molar-refractivity contribution in [3.05, 3.63) is 30.1 Å². The summed E-state index contributed by atoms with van der Waals surface area (Å²) in [5, 5.41) is 3.45. The number of nitrogens with one attached hydrogen (secondary N) is 1. The third-order valence-electron chi connectivity index (χ3n) is 2.76. The van der Waals surface area contributed by atoms with Crippen LogP contribution in [0.25, 0.3) is 0 Å². The molecule has 1 aromatic heterocycles. The lowest BCUT2D eigenvalue weighted by Crippen LogP contribution is -2.22. The van der Waals surface area contributed by atoms with Crippen molar-refractivity contribution in [1.29, 1.82) is 0 Å². The molecule has 18 heavy (non-hydrogen) atoms. The van der Waals surface area contributed by atoms with Gasteiger partial charge in [0.2, 0.25) is 0 Å². The zero-order valence-corrected chi connectivity index (χ0v) is 11.9. The maximum atomic E-state index is 11.1. The van der Waals surface area contributed by atoms with Crippen LogP contribution in [0.1, 0.15) is 37.8 Å². The molecule has 0 amide bonds. The predicted molar refractivity (Wildman–Crippen MR) is 74.2 cm³/mol. The molecule has 4 nitrogen and oxygen atoms in total. The van der Waals surface area contributed by atoms with Crippen molar-refractivity contribution >= 4 is 9.84 Å². The van der Waals surface area contributed by atoms with Gasteiger partial charge in [-0.05, 0) is 43.5 Å². The highest BCUT2D eigenvalue weighted by Crippen LogP contribution is 2.18. The highest BCUT2D eigenvalue weighted by atomic mass is 32.2. The van der Waals surface area contributed by atoms with Crippen LogP contribution in [-0.2, 0) is 9.84 Å². The van der Waals surface area contributed by atoms with Crippen molar-refractivity contribution < 1.29 is 8.42 Å². The highest BCUT2D eigenvalue weighted by molar-refractivity contribution is 7.90. The molecule has 0 aliphatic rings. The average molecular weight is 270 g/mol. The second-order valence-electron chi connectivity index (χ2n) is 4.56. The van der Waals surface area contributed by atoms with Gasteiger partial charge in [0.25, 0.3) is 0 Å². The maximum Gasteiger partial charge on any atom is 0.147 e. The molecule has 0 saturated carbocycles. The Labute approximate surface area is 110 Å². The normalized spacial score (nSPS) is 13.4. The first-order chi connectivity index (χ1) is 8.53. The molecule has 0 spiro atoms. The Morgan fingerprint density at radius 2 is 2.00 bits per heavy atom. The zero-order valence-electron chi connectivity index (χ0n) is 11.1. The van der Waals surface area contributed by atoms with Crippen molar-refractivity contribution in [2.75, 3.05) is 18.6 Å². The second kappa shape index (κ2) is 7.48. The Kier molecular flexibility index (Phi) is 6.29. The van der Waals surface area contributed by atoms with Crippen molar-refractivity contribution in [3.8, 4) is 0 Å². The minimum atomic E-state index is -2.86. The van der Waals surface area contributed by atoms with Gasteiger partial charge in [-0.15, -0.1) is 0 Å². The Morgan fingerprint density at radius 1 is 1.33 bits per heavy atom. The van der Waals surface area contributed by atoms with E-state index < -0.39 is 9.84 Å². The van der Waals surface area contributed by atoms with E-state index in [2.05, 4.69) is 17.2 Å². The average Bonchev–Trinajstić information content (AvgIpc) is 2.33. The third kappa shape index (κ3) is 6.12. The molecule has 0 aliphatic heterocycles. The lowest BCUT2D eigenvalue weighted by molar-refractivity contribution is 0.492. The summed E-state index contributed by atoms with van der Waals surface area (Å²) in [6.45, 7) is 3.05. The van der Waals surface area contributed by atoms with E-state index in [1.54, 1.807) is 12.4 Å². The Morgan fingerprint density at radius 3 is 2.56 bits per heavy atom. The highest BCUT2D eigenvalue weighted by Gasteiger charge is 2.11. The van der Waals surface area contributed by atoms with Crippen LogP contribution in [0.5, 0.6) is 0 Å². The number of nitrogens with zero attached hydrogens (tertiary/aromatic N) is 1. The number of pyridine rings is 1. The molecular formula is C13H22N2O2S. The van der Waals surface area contributed by atoms with Crippen LogP contribution in [0, 0.1) is 0 Å². The van der Waals surface area contributed by atoms with Crippen LogP contribution in [0.3, 0.4) is 0 Å². The van der Waals surface area contributed by atoms with Crippen LogP contribution >= 0.6 is 0 Å². The molecule has 0 aliphatic carbocycles. The summed E-state index contributed by atoms with van der Waals surface area (Å²) in [6.07, 6.45) is 7.40. The minimum Gasteiger partial charge on any atom is -0.310 e. The van der Waals surface area contributed by atoms with Gasteiger partial charge in [-0.25, -0.2) is 8.42 Å². The topological polar surface area (TPSA) is 59.1 Å². The van der Waals surface area contributed by atoms with Crippen LogP contribution in [0.2, 0.25) is 0 Å². The quantitative estimate of drug-likeness (QED) is 0.784. The zero-order chi connectivity index (χ0) is 13.4. The van der Waals surface area contributed by atoms with E-state index in [1.165, 1.54) is 11.8 Å². The Balaban J connectivity index is 2.56. The molecule has 0 radical (unpaired) electrons. The largest absolute Gasteiger partial charge is 0.310 e. The van der Waals surface area contributed by atoms with E-state index in [4.69, 9.17) is 0 Å². The summed E-state index contributed by atoms with van der Waals surface area (Å²) in [7, 11) is -2.86. The molecule has 1 rings (SSSR count). The molecule has 1 heterocycles. The van der Waals surface area contributed by atoms with Crippen molar-refractivity contribution in [1.82, 2.24) is 10.3 Å². The standard InChI is InChI=1S/C13H22N2O2S/c1-3-8-15-13(5-4-11-18(2,16)17)12-6-9-14-10-7-12/h6-7,9-10,13,15H,3-5,8,11H2,1-2H3. The van der Waals surface area contributed by atoms with Gasteiger partial charge >= 0.3 is 0 Å². The second-order valence-corrected chi connectivity index (χ2v) is 6.82. The van der Waals surface area contributed by atoms with Crippen LogP contribution in [-0.4, -0.2) is 32.0 Å².